The van der Waals surface area contributed by atoms with Crippen molar-refractivity contribution in [2.75, 3.05) is 19.8 Å². The molecule has 0 amide bonds. The van der Waals surface area contributed by atoms with Crippen molar-refractivity contribution in [3.05, 3.63) is 35.0 Å². The molecule has 1 heterocycles. The van der Waals surface area contributed by atoms with Crippen LogP contribution in [0.5, 0.6) is 0 Å². The molecule has 18 heavy (non-hydrogen) atoms. The number of thiophene rings is 1. The molecule has 0 saturated carbocycles. The molecule has 1 N–H and O–H groups in total. The van der Waals surface area contributed by atoms with Crippen molar-refractivity contribution in [2.24, 2.45) is 0 Å². The van der Waals surface area contributed by atoms with Crippen LogP contribution in [0.25, 0.3) is 10.1 Å². The normalized spacial score (nSPS) is 13.1. The number of benzene rings is 1. The fourth-order valence-electron chi connectivity index (χ4n) is 1.93. The Morgan fingerprint density at radius 2 is 2.17 bits per heavy atom. The molecule has 0 spiro atoms. The average molecular weight is 267 g/mol. The quantitative estimate of drug-likeness (QED) is 0.861. The summed E-state index contributed by atoms with van der Waals surface area (Å²) < 4.78 is 19.8. The summed E-state index contributed by atoms with van der Waals surface area (Å²) in [5, 5.41) is 4.37. The lowest BCUT2D eigenvalue weighted by atomic mass is 10.2. The Labute approximate surface area is 111 Å². The van der Waals surface area contributed by atoms with E-state index < -0.39 is 0 Å². The number of hydrogen-bond acceptors (Lipinski definition) is 3. The van der Waals surface area contributed by atoms with Crippen LogP contribution in [0.1, 0.15) is 24.8 Å². The lowest BCUT2D eigenvalue weighted by Crippen LogP contribution is -2.24. The maximum atomic E-state index is 13.2. The van der Waals surface area contributed by atoms with E-state index in [-0.39, 0.29) is 11.9 Å². The molecule has 0 bridgehead atoms. The summed E-state index contributed by atoms with van der Waals surface area (Å²) in [5.41, 5.74) is 0. The fraction of sp³-hybridized carbons (Fsp3) is 0.429. The topological polar surface area (TPSA) is 21.3 Å². The molecular formula is C14H18FNOS. The zero-order valence-corrected chi connectivity index (χ0v) is 11.5. The highest BCUT2D eigenvalue weighted by atomic mass is 32.1. The zero-order valence-electron chi connectivity index (χ0n) is 10.7. The van der Waals surface area contributed by atoms with Crippen LogP contribution in [0.3, 0.4) is 0 Å². The second-order valence-electron chi connectivity index (χ2n) is 4.10. The van der Waals surface area contributed by atoms with E-state index in [4.69, 9.17) is 4.74 Å². The third-order valence-corrected chi connectivity index (χ3v) is 4.01. The van der Waals surface area contributed by atoms with Gasteiger partial charge in [0.05, 0.1) is 12.6 Å². The van der Waals surface area contributed by atoms with E-state index in [9.17, 15) is 4.39 Å². The van der Waals surface area contributed by atoms with Gasteiger partial charge in [-0.1, -0.05) is 6.92 Å². The van der Waals surface area contributed by atoms with Gasteiger partial charge in [-0.15, -0.1) is 11.3 Å². The highest BCUT2D eigenvalue weighted by molar-refractivity contribution is 7.19. The predicted octanol–water partition coefficient (Wildman–Crippen LogP) is 3.73. The summed E-state index contributed by atoms with van der Waals surface area (Å²) >= 11 is 1.70. The van der Waals surface area contributed by atoms with E-state index in [1.54, 1.807) is 17.4 Å². The van der Waals surface area contributed by atoms with E-state index in [1.807, 2.05) is 13.0 Å². The minimum Gasteiger partial charge on any atom is -0.380 e. The van der Waals surface area contributed by atoms with Gasteiger partial charge in [0, 0.05) is 16.2 Å². The SMILES string of the molecule is CCNC(COCC)c1cc2cc(F)ccc2s1. The molecule has 0 saturated heterocycles. The first kappa shape index (κ1) is 13.5. The van der Waals surface area contributed by atoms with Gasteiger partial charge < -0.3 is 10.1 Å². The van der Waals surface area contributed by atoms with Gasteiger partial charge in [0.2, 0.25) is 0 Å². The van der Waals surface area contributed by atoms with Crippen molar-refractivity contribution in [1.29, 1.82) is 0 Å². The molecule has 2 nitrogen and oxygen atoms in total. The van der Waals surface area contributed by atoms with Crippen LogP contribution in [-0.2, 0) is 4.74 Å². The van der Waals surface area contributed by atoms with E-state index in [1.165, 1.54) is 10.9 Å². The van der Waals surface area contributed by atoms with Crippen LogP contribution >= 0.6 is 11.3 Å². The zero-order chi connectivity index (χ0) is 13.0. The first-order valence-corrected chi connectivity index (χ1v) is 7.06. The van der Waals surface area contributed by atoms with Crippen molar-refractivity contribution in [3.8, 4) is 0 Å². The monoisotopic (exact) mass is 267 g/mol. The average Bonchev–Trinajstić information content (AvgIpc) is 2.77. The number of hydrogen-bond donors (Lipinski definition) is 1. The highest BCUT2D eigenvalue weighted by Crippen LogP contribution is 2.30. The van der Waals surface area contributed by atoms with Gasteiger partial charge in [-0.3, -0.25) is 0 Å². The molecule has 0 aliphatic carbocycles. The minimum absolute atomic E-state index is 0.184. The molecule has 0 fully saturated rings. The van der Waals surface area contributed by atoms with Crippen molar-refractivity contribution in [2.45, 2.75) is 19.9 Å². The molecule has 0 aliphatic rings. The number of nitrogens with one attached hydrogen (secondary N) is 1. The highest BCUT2D eigenvalue weighted by Gasteiger charge is 2.13. The molecule has 1 aromatic carbocycles. The van der Waals surface area contributed by atoms with Gasteiger partial charge in [-0.05, 0) is 43.1 Å². The largest absolute Gasteiger partial charge is 0.380 e. The van der Waals surface area contributed by atoms with E-state index in [2.05, 4.69) is 18.3 Å². The van der Waals surface area contributed by atoms with E-state index >= 15 is 0 Å². The second-order valence-corrected chi connectivity index (χ2v) is 5.22. The molecule has 2 aromatic rings. The number of ether oxygens (including phenoxy) is 1. The number of fused-ring (bicyclic) bond motifs is 1. The Bertz CT molecular complexity index is 511. The fourth-order valence-corrected chi connectivity index (χ4v) is 3.04. The summed E-state index contributed by atoms with van der Waals surface area (Å²) in [7, 11) is 0. The van der Waals surface area contributed by atoms with Crippen LogP contribution in [0, 0.1) is 5.82 Å². The maximum absolute atomic E-state index is 13.2. The van der Waals surface area contributed by atoms with Gasteiger partial charge in [-0.25, -0.2) is 4.39 Å². The number of rotatable bonds is 6. The molecule has 2 rings (SSSR count). The number of halogens is 1. The third-order valence-electron chi connectivity index (χ3n) is 2.78. The van der Waals surface area contributed by atoms with Gasteiger partial charge in [-0.2, -0.15) is 0 Å². The van der Waals surface area contributed by atoms with E-state index in [0.29, 0.717) is 13.2 Å². The molecule has 4 heteroatoms. The molecule has 0 radical (unpaired) electrons. The molecule has 1 aromatic heterocycles. The van der Waals surface area contributed by atoms with Gasteiger partial charge in [0.25, 0.3) is 0 Å². The Balaban J connectivity index is 2.26. The Morgan fingerprint density at radius 1 is 1.33 bits per heavy atom. The Morgan fingerprint density at radius 3 is 2.89 bits per heavy atom. The summed E-state index contributed by atoms with van der Waals surface area (Å²) in [6.45, 7) is 6.32. The lowest BCUT2D eigenvalue weighted by molar-refractivity contribution is 0.124. The van der Waals surface area contributed by atoms with Crippen LogP contribution in [0.4, 0.5) is 4.39 Å². The third kappa shape index (κ3) is 3.07. The van der Waals surface area contributed by atoms with Crippen LogP contribution in [0.15, 0.2) is 24.3 Å². The smallest absolute Gasteiger partial charge is 0.123 e. The summed E-state index contributed by atoms with van der Waals surface area (Å²) in [6, 6.07) is 7.17. The molecule has 1 unspecified atom stereocenters. The predicted molar refractivity (Wildman–Crippen MR) is 74.7 cm³/mol. The molecular weight excluding hydrogens is 249 g/mol. The maximum Gasteiger partial charge on any atom is 0.123 e. The first-order valence-electron chi connectivity index (χ1n) is 6.24. The second kappa shape index (κ2) is 6.27. The van der Waals surface area contributed by atoms with Crippen LogP contribution in [-0.4, -0.2) is 19.8 Å². The van der Waals surface area contributed by atoms with Gasteiger partial charge in [0.15, 0.2) is 0 Å². The van der Waals surface area contributed by atoms with Crippen LogP contribution in [0.2, 0.25) is 0 Å². The standard InChI is InChI=1S/C14H18FNOS/c1-3-16-12(9-17-4-2)14-8-10-7-11(15)5-6-13(10)18-14/h5-8,12,16H,3-4,9H2,1-2H3. The van der Waals surface area contributed by atoms with Crippen LogP contribution < -0.4 is 5.32 Å². The molecule has 0 aliphatic heterocycles. The molecule has 1 atom stereocenters. The van der Waals surface area contributed by atoms with Crippen molar-refractivity contribution >= 4 is 21.4 Å². The number of likely N-dealkylation sites (N-methyl/N-ethyl adjacent to an activating group) is 1. The van der Waals surface area contributed by atoms with Crippen molar-refractivity contribution in [1.82, 2.24) is 5.32 Å². The van der Waals surface area contributed by atoms with Gasteiger partial charge >= 0.3 is 0 Å². The minimum atomic E-state index is -0.184. The summed E-state index contributed by atoms with van der Waals surface area (Å²) in [5.74, 6) is -0.184. The van der Waals surface area contributed by atoms with Crippen molar-refractivity contribution in [3.63, 3.8) is 0 Å². The van der Waals surface area contributed by atoms with Crippen molar-refractivity contribution < 1.29 is 9.13 Å². The molecule has 98 valence electrons. The first-order chi connectivity index (χ1) is 8.74. The summed E-state index contributed by atoms with van der Waals surface area (Å²) in [4.78, 5) is 1.20. The lowest BCUT2D eigenvalue weighted by Gasteiger charge is -2.15. The summed E-state index contributed by atoms with van der Waals surface area (Å²) in [6.07, 6.45) is 0. The van der Waals surface area contributed by atoms with Gasteiger partial charge in [0.1, 0.15) is 5.82 Å². The van der Waals surface area contributed by atoms with E-state index in [0.717, 1.165) is 16.6 Å². The Hall–Kier alpha value is -0.970. The Kier molecular flexibility index (Phi) is 4.69.